The number of aryl methyl sites for hydroxylation is 2. The molecular weight excluding hydrogens is 336 g/mol. The minimum absolute atomic E-state index is 0.139. The molecule has 1 aliphatic carbocycles. The molecule has 4 aromatic carbocycles. The number of hydrogen-bond acceptors (Lipinski definition) is 0. The number of hydrogen-bond donors (Lipinski definition) is 0. The third kappa shape index (κ3) is 2.38. The monoisotopic (exact) mass is 360 g/mol. The van der Waals surface area contributed by atoms with Crippen LogP contribution in [0.2, 0.25) is 0 Å². The van der Waals surface area contributed by atoms with Crippen LogP contribution in [0.1, 0.15) is 34.7 Å². The Morgan fingerprint density at radius 3 is 1.82 bits per heavy atom. The molecule has 0 N–H and O–H groups in total. The van der Waals surface area contributed by atoms with Gasteiger partial charge in [0.05, 0.1) is 0 Å². The summed E-state index contributed by atoms with van der Waals surface area (Å²) in [6.07, 6.45) is 0. The van der Waals surface area contributed by atoms with Crippen LogP contribution < -0.4 is 0 Å². The zero-order chi connectivity index (χ0) is 19.3. The summed E-state index contributed by atoms with van der Waals surface area (Å²) in [4.78, 5) is 0. The molecular formula is C28H24. The van der Waals surface area contributed by atoms with Crippen LogP contribution in [0.15, 0.2) is 91.0 Å². The van der Waals surface area contributed by atoms with Crippen molar-refractivity contribution < 1.29 is 0 Å². The van der Waals surface area contributed by atoms with Crippen molar-refractivity contribution in [3.05, 3.63) is 119 Å². The lowest BCUT2D eigenvalue weighted by Crippen LogP contribution is -2.22. The van der Waals surface area contributed by atoms with E-state index in [-0.39, 0.29) is 5.41 Å². The normalized spacial score (nSPS) is 17.2. The molecule has 0 aliphatic heterocycles. The molecule has 0 fully saturated rings. The van der Waals surface area contributed by atoms with E-state index >= 15 is 0 Å². The Morgan fingerprint density at radius 2 is 1.11 bits per heavy atom. The zero-order valence-electron chi connectivity index (χ0n) is 16.7. The maximum Gasteiger partial charge on any atom is 0.0435 e. The third-order valence-electron chi connectivity index (χ3n) is 6.33. The van der Waals surface area contributed by atoms with Crippen molar-refractivity contribution in [1.29, 1.82) is 0 Å². The van der Waals surface area contributed by atoms with E-state index in [4.69, 9.17) is 0 Å². The molecule has 4 aromatic rings. The van der Waals surface area contributed by atoms with Crippen LogP contribution in [-0.2, 0) is 5.41 Å². The Labute approximate surface area is 167 Å². The van der Waals surface area contributed by atoms with Crippen molar-refractivity contribution in [2.45, 2.75) is 26.2 Å². The predicted octanol–water partition coefficient (Wildman–Crippen LogP) is 7.31. The molecule has 1 aliphatic rings. The van der Waals surface area contributed by atoms with Crippen LogP contribution in [0.4, 0.5) is 0 Å². The SMILES string of the molecule is Cc1ccc(-c2cccc3c2-c2ccccc2C3(C)c2ccc(C)cc2)cc1. The van der Waals surface area contributed by atoms with E-state index in [1.165, 1.54) is 50.1 Å². The lowest BCUT2D eigenvalue weighted by Gasteiger charge is -2.28. The van der Waals surface area contributed by atoms with E-state index < -0.39 is 0 Å². The van der Waals surface area contributed by atoms with E-state index in [1.807, 2.05) is 0 Å². The molecule has 1 unspecified atom stereocenters. The highest BCUT2D eigenvalue weighted by atomic mass is 14.4. The lowest BCUT2D eigenvalue weighted by molar-refractivity contribution is 0.713. The molecule has 136 valence electrons. The Morgan fingerprint density at radius 1 is 0.536 bits per heavy atom. The quantitative estimate of drug-likeness (QED) is 0.352. The maximum atomic E-state index is 2.38. The molecule has 5 rings (SSSR count). The van der Waals surface area contributed by atoms with Crippen LogP contribution in [0.5, 0.6) is 0 Å². The molecule has 0 heteroatoms. The van der Waals surface area contributed by atoms with Gasteiger partial charge in [-0.2, -0.15) is 0 Å². The van der Waals surface area contributed by atoms with Gasteiger partial charge in [0, 0.05) is 5.41 Å². The van der Waals surface area contributed by atoms with Crippen molar-refractivity contribution in [1.82, 2.24) is 0 Å². The first-order valence-electron chi connectivity index (χ1n) is 9.96. The van der Waals surface area contributed by atoms with Crippen LogP contribution in [-0.4, -0.2) is 0 Å². The van der Waals surface area contributed by atoms with E-state index in [2.05, 4.69) is 112 Å². The van der Waals surface area contributed by atoms with Crippen molar-refractivity contribution in [2.75, 3.05) is 0 Å². The summed E-state index contributed by atoms with van der Waals surface area (Å²) in [5.74, 6) is 0. The Bertz CT molecular complexity index is 1160. The van der Waals surface area contributed by atoms with Gasteiger partial charge in [-0.1, -0.05) is 102 Å². The number of benzene rings is 4. The molecule has 0 radical (unpaired) electrons. The Hall–Kier alpha value is -3.12. The van der Waals surface area contributed by atoms with Gasteiger partial charge >= 0.3 is 0 Å². The first-order chi connectivity index (χ1) is 13.6. The minimum Gasteiger partial charge on any atom is -0.0619 e. The highest BCUT2D eigenvalue weighted by Gasteiger charge is 2.41. The second-order valence-electron chi connectivity index (χ2n) is 8.13. The fourth-order valence-corrected chi connectivity index (χ4v) is 4.71. The smallest absolute Gasteiger partial charge is 0.0435 e. The molecule has 0 spiro atoms. The average Bonchev–Trinajstić information content (AvgIpc) is 2.99. The average molecular weight is 361 g/mol. The molecule has 0 bridgehead atoms. The second kappa shape index (κ2) is 6.21. The van der Waals surface area contributed by atoms with E-state index in [1.54, 1.807) is 0 Å². The fourth-order valence-electron chi connectivity index (χ4n) is 4.71. The van der Waals surface area contributed by atoms with Crippen molar-refractivity contribution in [3.8, 4) is 22.3 Å². The summed E-state index contributed by atoms with van der Waals surface area (Å²) in [6, 6.07) is 33.6. The summed E-state index contributed by atoms with van der Waals surface area (Å²) < 4.78 is 0. The van der Waals surface area contributed by atoms with Crippen LogP contribution >= 0.6 is 0 Å². The summed E-state index contributed by atoms with van der Waals surface area (Å²) in [6.45, 7) is 6.67. The molecule has 0 heterocycles. The molecule has 0 amide bonds. The Kier molecular flexibility index (Phi) is 3.77. The molecule has 0 saturated heterocycles. The number of fused-ring (bicyclic) bond motifs is 3. The summed E-state index contributed by atoms with van der Waals surface area (Å²) in [5.41, 5.74) is 11.9. The largest absolute Gasteiger partial charge is 0.0619 e. The highest BCUT2D eigenvalue weighted by Crippen LogP contribution is 2.54. The summed E-state index contributed by atoms with van der Waals surface area (Å²) in [5, 5.41) is 0. The van der Waals surface area contributed by atoms with Gasteiger partial charge in [-0.3, -0.25) is 0 Å². The van der Waals surface area contributed by atoms with Gasteiger partial charge in [0.25, 0.3) is 0 Å². The summed E-state index contributed by atoms with van der Waals surface area (Å²) >= 11 is 0. The van der Waals surface area contributed by atoms with Crippen LogP contribution in [0.25, 0.3) is 22.3 Å². The van der Waals surface area contributed by atoms with Gasteiger partial charge in [-0.05, 0) is 59.7 Å². The van der Waals surface area contributed by atoms with Gasteiger partial charge < -0.3 is 0 Å². The van der Waals surface area contributed by atoms with Gasteiger partial charge in [-0.25, -0.2) is 0 Å². The zero-order valence-corrected chi connectivity index (χ0v) is 16.7. The van der Waals surface area contributed by atoms with Crippen molar-refractivity contribution in [3.63, 3.8) is 0 Å². The van der Waals surface area contributed by atoms with Gasteiger partial charge in [0.15, 0.2) is 0 Å². The molecule has 28 heavy (non-hydrogen) atoms. The lowest BCUT2D eigenvalue weighted by atomic mass is 9.74. The molecule has 0 saturated carbocycles. The second-order valence-corrected chi connectivity index (χ2v) is 8.13. The van der Waals surface area contributed by atoms with Gasteiger partial charge in [0.2, 0.25) is 0 Å². The molecule has 0 nitrogen and oxygen atoms in total. The third-order valence-corrected chi connectivity index (χ3v) is 6.33. The van der Waals surface area contributed by atoms with E-state index in [0.29, 0.717) is 0 Å². The summed E-state index contributed by atoms with van der Waals surface area (Å²) in [7, 11) is 0. The van der Waals surface area contributed by atoms with Crippen molar-refractivity contribution >= 4 is 0 Å². The van der Waals surface area contributed by atoms with E-state index in [0.717, 1.165) is 0 Å². The fraction of sp³-hybridized carbons (Fsp3) is 0.143. The molecule has 1 atom stereocenters. The van der Waals surface area contributed by atoms with Gasteiger partial charge in [-0.15, -0.1) is 0 Å². The highest BCUT2D eigenvalue weighted by molar-refractivity contribution is 5.93. The molecule has 0 aromatic heterocycles. The standard InChI is InChI=1S/C28H24/c1-19-11-15-21(16-12-19)23-8-6-10-26-27(23)24-7-4-5-9-25(24)28(26,3)22-17-13-20(2)14-18-22/h4-18H,1-3H3. The van der Waals surface area contributed by atoms with Crippen LogP contribution in [0.3, 0.4) is 0 Å². The first kappa shape index (κ1) is 17.0. The first-order valence-corrected chi connectivity index (χ1v) is 9.96. The maximum absolute atomic E-state index is 2.38. The minimum atomic E-state index is -0.139. The van der Waals surface area contributed by atoms with E-state index in [9.17, 15) is 0 Å². The number of rotatable bonds is 2. The van der Waals surface area contributed by atoms with Crippen molar-refractivity contribution in [2.24, 2.45) is 0 Å². The van der Waals surface area contributed by atoms with Gasteiger partial charge in [0.1, 0.15) is 0 Å². The Balaban J connectivity index is 1.83. The van der Waals surface area contributed by atoms with Crippen LogP contribution in [0, 0.1) is 13.8 Å². The topological polar surface area (TPSA) is 0 Å². The predicted molar refractivity (Wildman–Crippen MR) is 119 cm³/mol.